The van der Waals surface area contributed by atoms with Gasteiger partial charge in [0.2, 0.25) is 5.91 Å². The van der Waals surface area contributed by atoms with Gasteiger partial charge in [-0.05, 0) is 6.08 Å². The maximum absolute atomic E-state index is 11.0. The molecule has 1 aliphatic rings. The van der Waals surface area contributed by atoms with Crippen LogP contribution in [0.3, 0.4) is 0 Å². The molecule has 66 valence electrons. The third-order valence-electron chi connectivity index (χ3n) is 1.86. The van der Waals surface area contributed by atoms with Crippen molar-refractivity contribution in [1.82, 2.24) is 9.91 Å². The lowest BCUT2D eigenvalue weighted by Crippen LogP contribution is -2.46. The van der Waals surface area contributed by atoms with Crippen molar-refractivity contribution in [3.63, 3.8) is 0 Å². The number of amides is 1. The fourth-order valence-corrected chi connectivity index (χ4v) is 1.13. The molecule has 12 heavy (non-hydrogen) atoms. The van der Waals surface area contributed by atoms with Crippen molar-refractivity contribution in [2.45, 2.75) is 0 Å². The highest BCUT2D eigenvalue weighted by atomic mass is 16.3. The molecule has 0 bridgehead atoms. The molecule has 5 nitrogen and oxygen atoms in total. The van der Waals surface area contributed by atoms with E-state index in [0.717, 1.165) is 0 Å². The monoisotopic (exact) mass is 169 g/mol. The maximum atomic E-state index is 11.0. The molecule has 0 aromatic rings. The molecule has 0 radical (unpaired) electrons. The van der Waals surface area contributed by atoms with Gasteiger partial charge < -0.3 is 4.90 Å². The Labute approximate surface area is 70.6 Å². The molecule has 1 saturated heterocycles. The molecule has 0 aliphatic carbocycles. The summed E-state index contributed by atoms with van der Waals surface area (Å²) in [4.78, 5) is 22.7. The van der Waals surface area contributed by atoms with E-state index in [1.807, 2.05) is 0 Å². The zero-order chi connectivity index (χ0) is 8.97. The van der Waals surface area contributed by atoms with Gasteiger partial charge in [0.15, 0.2) is 0 Å². The molecule has 1 heterocycles. The van der Waals surface area contributed by atoms with Crippen molar-refractivity contribution >= 4 is 5.91 Å². The summed E-state index contributed by atoms with van der Waals surface area (Å²) in [7, 11) is 0. The van der Waals surface area contributed by atoms with Crippen LogP contribution in [0.5, 0.6) is 0 Å². The van der Waals surface area contributed by atoms with Crippen LogP contribution in [-0.4, -0.2) is 42.0 Å². The van der Waals surface area contributed by atoms with Crippen LogP contribution in [0, 0.1) is 4.91 Å². The fourth-order valence-electron chi connectivity index (χ4n) is 1.13. The maximum Gasteiger partial charge on any atom is 0.246 e. The van der Waals surface area contributed by atoms with E-state index in [4.69, 9.17) is 0 Å². The number of hydrogen-bond acceptors (Lipinski definition) is 3. The topological polar surface area (TPSA) is 53.0 Å². The van der Waals surface area contributed by atoms with E-state index in [1.165, 1.54) is 11.1 Å². The highest BCUT2D eigenvalue weighted by Gasteiger charge is 2.18. The van der Waals surface area contributed by atoms with Crippen molar-refractivity contribution < 1.29 is 4.79 Å². The predicted octanol–water partition coefficient (Wildman–Crippen LogP) is -0.00200. The van der Waals surface area contributed by atoms with Gasteiger partial charge in [-0.2, -0.15) is 0 Å². The first-order valence-corrected chi connectivity index (χ1v) is 3.77. The summed E-state index contributed by atoms with van der Waals surface area (Å²) in [6, 6.07) is 0. The molecule has 1 rings (SSSR count). The second-order valence-corrected chi connectivity index (χ2v) is 2.56. The quantitative estimate of drug-likeness (QED) is 0.432. The van der Waals surface area contributed by atoms with E-state index < -0.39 is 0 Å². The van der Waals surface area contributed by atoms with Gasteiger partial charge in [0.1, 0.15) is 0 Å². The summed E-state index contributed by atoms with van der Waals surface area (Å²) in [5.74, 6) is -0.0828. The molecule has 5 heteroatoms. The molecular formula is C7H11N3O2. The Bertz CT molecular complexity index is 197. The van der Waals surface area contributed by atoms with Crippen molar-refractivity contribution in [3.8, 4) is 0 Å². The second-order valence-electron chi connectivity index (χ2n) is 2.56. The lowest BCUT2D eigenvalue weighted by Gasteiger charge is -2.30. The van der Waals surface area contributed by atoms with Crippen LogP contribution in [0.1, 0.15) is 0 Å². The molecule has 0 atom stereocenters. The first kappa shape index (κ1) is 8.70. The van der Waals surface area contributed by atoms with Gasteiger partial charge in [-0.1, -0.05) is 6.58 Å². The minimum Gasteiger partial charge on any atom is -0.335 e. The van der Waals surface area contributed by atoms with Gasteiger partial charge in [-0.3, -0.25) is 9.80 Å². The number of piperazine rings is 1. The minimum atomic E-state index is -0.0828. The van der Waals surface area contributed by atoms with Gasteiger partial charge in [0.05, 0.1) is 18.4 Å². The van der Waals surface area contributed by atoms with Crippen LogP contribution in [0.15, 0.2) is 17.9 Å². The molecule has 1 amide bonds. The summed E-state index contributed by atoms with van der Waals surface area (Å²) in [6.45, 7) is 5.52. The van der Waals surface area contributed by atoms with Crippen LogP contribution in [-0.2, 0) is 4.79 Å². The molecule has 0 saturated carbocycles. The first-order valence-electron chi connectivity index (χ1n) is 3.77. The van der Waals surface area contributed by atoms with Gasteiger partial charge in [0, 0.05) is 13.1 Å². The number of rotatable bonds is 2. The zero-order valence-electron chi connectivity index (χ0n) is 6.77. The number of carbonyl (C=O) groups is 1. The molecule has 0 spiro atoms. The van der Waals surface area contributed by atoms with E-state index in [0.29, 0.717) is 26.2 Å². The Morgan fingerprint density at radius 3 is 2.33 bits per heavy atom. The van der Waals surface area contributed by atoms with Gasteiger partial charge in [-0.25, -0.2) is 0 Å². The lowest BCUT2D eigenvalue weighted by atomic mass is 10.3. The van der Waals surface area contributed by atoms with Gasteiger partial charge >= 0.3 is 0 Å². The Morgan fingerprint density at radius 2 is 1.92 bits per heavy atom. The number of nitroso groups, excluding NO2 is 1. The van der Waals surface area contributed by atoms with Crippen LogP contribution in [0.4, 0.5) is 0 Å². The Hall–Kier alpha value is -1.39. The van der Waals surface area contributed by atoms with E-state index in [9.17, 15) is 9.70 Å². The van der Waals surface area contributed by atoms with Crippen molar-refractivity contribution in [3.05, 3.63) is 17.6 Å². The largest absolute Gasteiger partial charge is 0.335 e. The average Bonchev–Trinajstić information content (AvgIpc) is 2.17. The van der Waals surface area contributed by atoms with Crippen LogP contribution in [0.2, 0.25) is 0 Å². The normalized spacial score (nSPS) is 17.3. The van der Waals surface area contributed by atoms with Crippen LogP contribution in [0.25, 0.3) is 0 Å². The lowest BCUT2D eigenvalue weighted by molar-refractivity contribution is -0.127. The summed E-state index contributed by atoms with van der Waals surface area (Å²) in [5.41, 5.74) is 0. The molecule has 0 aromatic carbocycles. The molecule has 0 aromatic heterocycles. The molecule has 0 unspecified atom stereocenters. The summed E-state index contributed by atoms with van der Waals surface area (Å²) >= 11 is 0. The van der Waals surface area contributed by atoms with E-state index in [-0.39, 0.29) is 5.91 Å². The molecule has 1 aliphatic heterocycles. The van der Waals surface area contributed by atoms with Crippen molar-refractivity contribution in [1.29, 1.82) is 0 Å². The molecule has 1 fully saturated rings. The Kier molecular flexibility index (Phi) is 2.79. The third-order valence-corrected chi connectivity index (χ3v) is 1.86. The van der Waals surface area contributed by atoms with Gasteiger partial charge in [0.25, 0.3) is 0 Å². The van der Waals surface area contributed by atoms with E-state index in [2.05, 4.69) is 11.9 Å². The van der Waals surface area contributed by atoms with E-state index >= 15 is 0 Å². The highest BCUT2D eigenvalue weighted by Crippen LogP contribution is 2.01. The van der Waals surface area contributed by atoms with Crippen molar-refractivity contribution in [2.24, 2.45) is 5.29 Å². The van der Waals surface area contributed by atoms with Crippen LogP contribution >= 0.6 is 0 Å². The second kappa shape index (κ2) is 3.85. The highest BCUT2D eigenvalue weighted by molar-refractivity contribution is 5.87. The summed E-state index contributed by atoms with van der Waals surface area (Å²) in [6.07, 6.45) is 1.28. The van der Waals surface area contributed by atoms with Crippen LogP contribution < -0.4 is 0 Å². The number of nitrogens with zero attached hydrogens (tertiary/aromatic N) is 3. The number of hydrogen-bond donors (Lipinski definition) is 0. The minimum absolute atomic E-state index is 0.0828. The van der Waals surface area contributed by atoms with Crippen molar-refractivity contribution in [2.75, 3.05) is 26.2 Å². The van der Waals surface area contributed by atoms with Gasteiger partial charge in [-0.15, -0.1) is 4.91 Å². The predicted molar refractivity (Wildman–Crippen MR) is 44.1 cm³/mol. The fraction of sp³-hybridized carbons (Fsp3) is 0.571. The molecular weight excluding hydrogens is 158 g/mol. The Balaban J connectivity index is 2.40. The average molecular weight is 169 g/mol. The molecule has 0 N–H and O–H groups in total. The standard InChI is InChI=1S/C7H11N3O2/c1-2-7(11)9-3-5-10(8-12)6-4-9/h2H,1,3-6H2. The van der Waals surface area contributed by atoms with E-state index in [1.54, 1.807) is 4.90 Å². The Morgan fingerprint density at radius 1 is 1.33 bits per heavy atom. The SMILES string of the molecule is C=CC(=O)N1CCN(N=O)CC1. The smallest absolute Gasteiger partial charge is 0.246 e. The number of carbonyl (C=O) groups excluding carboxylic acids is 1. The summed E-state index contributed by atoms with van der Waals surface area (Å²) < 4.78 is 0. The zero-order valence-corrected chi connectivity index (χ0v) is 6.77. The third kappa shape index (κ3) is 1.81. The first-order chi connectivity index (χ1) is 5.77. The summed E-state index contributed by atoms with van der Waals surface area (Å²) in [5, 5.41) is 4.20.